The van der Waals surface area contributed by atoms with Crippen molar-refractivity contribution in [2.24, 2.45) is 5.73 Å². The lowest BCUT2D eigenvalue weighted by Crippen LogP contribution is -2.54. The van der Waals surface area contributed by atoms with Gasteiger partial charge in [-0.25, -0.2) is 13.6 Å². The van der Waals surface area contributed by atoms with E-state index in [9.17, 15) is 22.0 Å². The first-order valence-corrected chi connectivity index (χ1v) is 9.05. The highest BCUT2D eigenvalue weighted by atomic mass is 19.4. The second kappa shape index (κ2) is 8.66. The van der Waals surface area contributed by atoms with E-state index < -0.39 is 23.8 Å². The number of fused-ring (bicyclic) bond motifs is 1. The molecule has 2 aromatic rings. The van der Waals surface area contributed by atoms with Crippen molar-refractivity contribution in [2.75, 3.05) is 6.54 Å². The lowest BCUT2D eigenvalue weighted by Gasteiger charge is -2.39. The van der Waals surface area contributed by atoms with Crippen molar-refractivity contribution in [2.45, 2.75) is 43.8 Å². The SMILES string of the molecule is N[C@H]1C[C@@H](N2Cc3cn[nH]c3C2)CN[C@@H]1c1cc(F)ccc1F.O=C(O)C(F)(F)F. The maximum Gasteiger partial charge on any atom is 0.490 e. The lowest BCUT2D eigenvalue weighted by atomic mass is 9.89. The van der Waals surface area contributed by atoms with Crippen molar-refractivity contribution in [3.8, 4) is 0 Å². The van der Waals surface area contributed by atoms with Crippen molar-refractivity contribution in [3.63, 3.8) is 0 Å². The first-order valence-electron chi connectivity index (χ1n) is 9.05. The molecular formula is C18H20F5N5O2. The van der Waals surface area contributed by atoms with Crippen molar-refractivity contribution in [1.82, 2.24) is 20.4 Å². The van der Waals surface area contributed by atoms with Crippen LogP contribution in [0.15, 0.2) is 24.4 Å². The van der Waals surface area contributed by atoms with E-state index in [1.165, 1.54) is 11.6 Å². The van der Waals surface area contributed by atoms with E-state index in [1.807, 2.05) is 6.20 Å². The number of nitrogens with one attached hydrogen (secondary N) is 2. The molecule has 3 atom stereocenters. The van der Waals surface area contributed by atoms with E-state index in [2.05, 4.69) is 20.4 Å². The van der Waals surface area contributed by atoms with Gasteiger partial charge in [0.2, 0.25) is 0 Å². The molecule has 30 heavy (non-hydrogen) atoms. The van der Waals surface area contributed by atoms with E-state index in [-0.39, 0.29) is 18.1 Å². The quantitative estimate of drug-likeness (QED) is 0.541. The van der Waals surface area contributed by atoms with Crippen LogP contribution in [0.5, 0.6) is 0 Å². The molecule has 1 aromatic carbocycles. The summed E-state index contributed by atoms with van der Waals surface area (Å²) in [4.78, 5) is 11.2. The molecule has 5 N–H and O–H groups in total. The fourth-order valence-electron chi connectivity index (χ4n) is 3.67. The van der Waals surface area contributed by atoms with Crippen LogP contribution in [0.2, 0.25) is 0 Å². The third-order valence-electron chi connectivity index (χ3n) is 5.14. The number of aromatic nitrogens is 2. The minimum absolute atomic E-state index is 0.262. The molecule has 1 fully saturated rings. The minimum Gasteiger partial charge on any atom is -0.475 e. The Kier molecular flexibility index (Phi) is 6.38. The zero-order chi connectivity index (χ0) is 22.1. The van der Waals surface area contributed by atoms with Gasteiger partial charge in [-0.15, -0.1) is 0 Å². The van der Waals surface area contributed by atoms with E-state index in [0.29, 0.717) is 12.1 Å². The maximum atomic E-state index is 14.0. The molecule has 0 amide bonds. The average Bonchev–Trinajstić information content (AvgIpc) is 3.26. The Hall–Kier alpha value is -2.57. The Balaban J connectivity index is 0.000000318. The smallest absolute Gasteiger partial charge is 0.475 e. The Morgan fingerprint density at radius 1 is 1.27 bits per heavy atom. The first kappa shape index (κ1) is 22.1. The number of piperidine rings is 1. The number of rotatable bonds is 2. The molecule has 0 radical (unpaired) electrons. The van der Waals surface area contributed by atoms with Gasteiger partial charge < -0.3 is 16.2 Å². The van der Waals surface area contributed by atoms with Gasteiger partial charge in [0, 0.05) is 42.8 Å². The van der Waals surface area contributed by atoms with Gasteiger partial charge in [0.1, 0.15) is 11.6 Å². The summed E-state index contributed by atoms with van der Waals surface area (Å²) < 4.78 is 59.1. The number of aliphatic carboxylic acids is 1. The third-order valence-corrected chi connectivity index (χ3v) is 5.14. The number of carbonyl (C=O) groups is 1. The second-order valence-electron chi connectivity index (χ2n) is 7.19. The number of H-pyrrole nitrogens is 1. The van der Waals surface area contributed by atoms with Crippen LogP contribution in [0, 0.1) is 11.6 Å². The summed E-state index contributed by atoms with van der Waals surface area (Å²) in [5.74, 6) is -3.62. The largest absolute Gasteiger partial charge is 0.490 e. The fourth-order valence-corrected chi connectivity index (χ4v) is 3.67. The number of hydrogen-bond acceptors (Lipinski definition) is 5. The number of carboxylic acid groups (broad SMARTS) is 1. The molecule has 1 aromatic heterocycles. The molecule has 4 rings (SSSR count). The fraction of sp³-hybridized carbons (Fsp3) is 0.444. The second-order valence-corrected chi connectivity index (χ2v) is 7.19. The topological polar surface area (TPSA) is 107 Å². The van der Waals surface area contributed by atoms with Gasteiger partial charge in [-0.05, 0) is 24.6 Å². The van der Waals surface area contributed by atoms with Crippen LogP contribution < -0.4 is 11.1 Å². The van der Waals surface area contributed by atoms with Crippen LogP contribution in [-0.2, 0) is 17.9 Å². The molecule has 0 aliphatic carbocycles. The zero-order valence-electron chi connectivity index (χ0n) is 15.6. The van der Waals surface area contributed by atoms with Crippen LogP contribution in [0.1, 0.15) is 29.3 Å². The number of alkyl halides is 3. The molecule has 12 heteroatoms. The number of nitrogens with zero attached hydrogens (tertiary/aromatic N) is 2. The monoisotopic (exact) mass is 433 g/mol. The molecule has 2 aliphatic heterocycles. The molecule has 3 heterocycles. The van der Waals surface area contributed by atoms with E-state index >= 15 is 0 Å². The number of nitrogens with two attached hydrogens (primary N) is 1. The van der Waals surface area contributed by atoms with E-state index in [1.54, 1.807) is 0 Å². The summed E-state index contributed by atoms with van der Waals surface area (Å²) in [5, 5.41) is 17.5. The Labute approximate surface area is 168 Å². The number of carboxylic acids is 1. The standard InChI is InChI=1S/C16H19F2N5.C2HF3O2/c17-10-1-2-13(18)12(3-10)16-14(19)4-11(6-20-16)23-7-9-5-21-22-15(9)8-23;3-2(4,5)1(6)7/h1-3,5,11,14,16,20H,4,6-8,19H2,(H,21,22);(H,6,7)/t11-,14+,16-;/m1./s1. The highest BCUT2D eigenvalue weighted by molar-refractivity contribution is 5.73. The number of aromatic amines is 1. The predicted octanol–water partition coefficient (Wildman–Crippen LogP) is 2.07. The van der Waals surface area contributed by atoms with Gasteiger partial charge in [-0.1, -0.05) is 0 Å². The van der Waals surface area contributed by atoms with Crippen LogP contribution in [0.25, 0.3) is 0 Å². The number of hydrogen-bond donors (Lipinski definition) is 4. The van der Waals surface area contributed by atoms with Crippen molar-refractivity contribution in [3.05, 3.63) is 52.9 Å². The molecular weight excluding hydrogens is 413 g/mol. The maximum absolute atomic E-state index is 14.0. The van der Waals surface area contributed by atoms with Gasteiger partial charge in [0.25, 0.3) is 0 Å². The summed E-state index contributed by atoms with van der Waals surface area (Å²) in [7, 11) is 0. The van der Waals surface area contributed by atoms with Crippen LogP contribution in [-0.4, -0.2) is 51.0 Å². The Morgan fingerprint density at radius 3 is 2.57 bits per heavy atom. The molecule has 164 valence electrons. The van der Waals surface area contributed by atoms with Crippen molar-refractivity contribution >= 4 is 5.97 Å². The molecule has 0 saturated carbocycles. The third kappa shape index (κ3) is 4.94. The molecule has 0 bridgehead atoms. The summed E-state index contributed by atoms with van der Waals surface area (Å²) in [6, 6.07) is 3.18. The van der Waals surface area contributed by atoms with Crippen molar-refractivity contribution in [1.29, 1.82) is 0 Å². The summed E-state index contributed by atoms with van der Waals surface area (Å²) in [6.45, 7) is 2.38. The van der Waals surface area contributed by atoms with Gasteiger partial charge in [-0.2, -0.15) is 18.3 Å². The lowest BCUT2D eigenvalue weighted by molar-refractivity contribution is -0.192. The zero-order valence-corrected chi connectivity index (χ0v) is 15.6. The number of benzene rings is 1. The van der Waals surface area contributed by atoms with Gasteiger partial charge in [0.15, 0.2) is 0 Å². The van der Waals surface area contributed by atoms with Crippen molar-refractivity contribution < 1.29 is 31.9 Å². The molecule has 2 aliphatic rings. The van der Waals surface area contributed by atoms with Crippen LogP contribution in [0.4, 0.5) is 22.0 Å². The van der Waals surface area contributed by atoms with Gasteiger partial charge in [-0.3, -0.25) is 10.00 Å². The minimum atomic E-state index is -5.08. The molecule has 0 unspecified atom stereocenters. The highest BCUT2D eigenvalue weighted by Crippen LogP contribution is 2.30. The molecule has 0 spiro atoms. The van der Waals surface area contributed by atoms with Crippen LogP contribution >= 0.6 is 0 Å². The highest BCUT2D eigenvalue weighted by Gasteiger charge is 2.38. The predicted molar refractivity (Wildman–Crippen MR) is 95.0 cm³/mol. The molecule has 7 nitrogen and oxygen atoms in total. The first-order chi connectivity index (χ1) is 14.1. The van der Waals surface area contributed by atoms with Gasteiger partial charge in [0.05, 0.1) is 17.9 Å². The van der Waals surface area contributed by atoms with Crippen LogP contribution in [0.3, 0.4) is 0 Å². The Bertz CT molecular complexity index is 883. The number of halogens is 5. The average molecular weight is 433 g/mol. The summed E-state index contributed by atoms with van der Waals surface area (Å²) >= 11 is 0. The summed E-state index contributed by atoms with van der Waals surface area (Å²) in [5.41, 5.74) is 8.95. The normalized spacial score (nSPS) is 24.1. The van der Waals surface area contributed by atoms with E-state index in [0.717, 1.165) is 37.3 Å². The summed E-state index contributed by atoms with van der Waals surface area (Å²) in [6.07, 6.45) is -2.48. The van der Waals surface area contributed by atoms with Gasteiger partial charge >= 0.3 is 12.1 Å². The molecule has 1 saturated heterocycles. The van der Waals surface area contributed by atoms with E-state index in [4.69, 9.17) is 15.6 Å². The Morgan fingerprint density at radius 2 is 1.97 bits per heavy atom.